The lowest BCUT2D eigenvalue weighted by Crippen LogP contribution is -2.09. The van der Waals surface area contributed by atoms with Gasteiger partial charge in [0.2, 0.25) is 5.82 Å². The number of halogens is 2. The maximum absolute atomic E-state index is 12.4. The SMILES string of the molecule is NCc1nc(N)c([N+](=O)[O-])cc1C(F)F. The van der Waals surface area contributed by atoms with Crippen molar-refractivity contribution in [1.29, 1.82) is 0 Å². The number of alkyl halides is 2. The number of nitrogens with two attached hydrogens (primary N) is 2. The molecule has 0 saturated heterocycles. The molecule has 0 aromatic carbocycles. The van der Waals surface area contributed by atoms with Crippen LogP contribution in [-0.2, 0) is 6.54 Å². The number of nitrogen functional groups attached to an aromatic ring is 1. The molecule has 6 nitrogen and oxygen atoms in total. The van der Waals surface area contributed by atoms with Crippen LogP contribution in [0.1, 0.15) is 17.7 Å². The van der Waals surface area contributed by atoms with Gasteiger partial charge in [-0.2, -0.15) is 0 Å². The van der Waals surface area contributed by atoms with Gasteiger partial charge in [0, 0.05) is 18.2 Å². The molecule has 1 heterocycles. The van der Waals surface area contributed by atoms with Gasteiger partial charge in [0.1, 0.15) is 0 Å². The molecule has 0 amide bonds. The molecule has 0 radical (unpaired) electrons. The van der Waals surface area contributed by atoms with Gasteiger partial charge in [0.25, 0.3) is 6.43 Å². The van der Waals surface area contributed by atoms with Gasteiger partial charge in [-0.3, -0.25) is 10.1 Å². The van der Waals surface area contributed by atoms with Crippen molar-refractivity contribution in [2.75, 3.05) is 5.73 Å². The standard InChI is InChI=1S/C7H8F2N4O2/c8-6(9)3-1-5(13(14)15)7(11)12-4(3)2-10/h1,6H,2,10H2,(H2,11,12). The zero-order chi connectivity index (χ0) is 11.6. The van der Waals surface area contributed by atoms with Crippen molar-refractivity contribution < 1.29 is 13.7 Å². The molecule has 0 spiro atoms. The minimum Gasteiger partial charge on any atom is -0.378 e. The third-order valence-electron chi connectivity index (χ3n) is 1.77. The minimum atomic E-state index is -2.87. The smallest absolute Gasteiger partial charge is 0.311 e. The third kappa shape index (κ3) is 2.15. The molecule has 8 heteroatoms. The van der Waals surface area contributed by atoms with Crippen molar-refractivity contribution in [1.82, 2.24) is 4.98 Å². The Morgan fingerprint density at radius 3 is 2.60 bits per heavy atom. The summed E-state index contributed by atoms with van der Waals surface area (Å²) < 4.78 is 24.9. The Morgan fingerprint density at radius 1 is 1.60 bits per heavy atom. The van der Waals surface area contributed by atoms with E-state index in [-0.39, 0.29) is 12.2 Å². The first-order valence-electron chi connectivity index (χ1n) is 3.89. The van der Waals surface area contributed by atoms with E-state index in [0.29, 0.717) is 6.07 Å². The number of nitro groups is 1. The summed E-state index contributed by atoms with van der Waals surface area (Å²) in [4.78, 5) is 13.0. The second-order valence-corrected chi connectivity index (χ2v) is 2.69. The molecule has 0 atom stereocenters. The Balaban J connectivity index is 3.37. The number of rotatable bonds is 3. The fourth-order valence-corrected chi connectivity index (χ4v) is 1.07. The monoisotopic (exact) mass is 218 g/mol. The molecule has 15 heavy (non-hydrogen) atoms. The van der Waals surface area contributed by atoms with Crippen molar-refractivity contribution in [3.05, 3.63) is 27.4 Å². The quantitative estimate of drug-likeness (QED) is 0.580. The summed E-state index contributed by atoms with van der Waals surface area (Å²) in [5.74, 6) is -0.412. The van der Waals surface area contributed by atoms with Crippen molar-refractivity contribution >= 4 is 11.5 Å². The second kappa shape index (κ2) is 4.13. The molecule has 1 aromatic heterocycles. The lowest BCUT2D eigenvalue weighted by molar-refractivity contribution is -0.384. The molecule has 0 aliphatic carbocycles. The molecule has 0 saturated carbocycles. The zero-order valence-corrected chi connectivity index (χ0v) is 7.48. The van der Waals surface area contributed by atoms with Gasteiger partial charge >= 0.3 is 5.69 Å². The highest BCUT2D eigenvalue weighted by atomic mass is 19.3. The summed E-state index contributed by atoms with van der Waals surface area (Å²) in [6.45, 7) is -0.248. The predicted molar refractivity (Wildman–Crippen MR) is 48.2 cm³/mol. The summed E-state index contributed by atoms with van der Waals surface area (Å²) in [6, 6.07) is 0.704. The molecule has 0 bridgehead atoms. The fraction of sp³-hybridized carbons (Fsp3) is 0.286. The van der Waals surface area contributed by atoms with E-state index in [0.717, 1.165) is 0 Å². The zero-order valence-electron chi connectivity index (χ0n) is 7.48. The summed E-state index contributed by atoms with van der Waals surface area (Å²) in [5, 5.41) is 10.4. The van der Waals surface area contributed by atoms with E-state index >= 15 is 0 Å². The molecule has 0 aliphatic rings. The maximum Gasteiger partial charge on any atom is 0.311 e. The lowest BCUT2D eigenvalue weighted by Gasteiger charge is -2.06. The summed E-state index contributed by atoms with van der Waals surface area (Å²) in [6.07, 6.45) is -2.87. The number of nitrogens with zero attached hydrogens (tertiary/aromatic N) is 2. The van der Waals surface area contributed by atoms with Gasteiger partial charge in [-0.25, -0.2) is 13.8 Å². The van der Waals surface area contributed by atoms with E-state index in [4.69, 9.17) is 11.5 Å². The van der Waals surface area contributed by atoms with E-state index in [1.807, 2.05) is 0 Å². The second-order valence-electron chi connectivity index (χ2n) is 2.69. The van der Waals surface area contributed by atoms with Crippen LogP contribution in [0.4, 0.5) is 20.3 Å². The van der Waals surface area contributed by atoms with Crippen LogP contribution < -0.4 is 11.5 Å². The van der Waals surface area contributed by atoms with Gasteiger partial charge in [-0.05, 0) is 0 Å². The van der Waals surface area contributed by atoms with Crippen LogP contribution in [-0.4, -0.2) is 9.91 Å². The molecule has 1 rings (SSSR count). The Kier molecular flexibility index (Phi) is 3.10. The molecular formula is C7H8F2N4O2. The molecule has 82 valence electrons. The summed E-state index contributed by atoms with van der Waals surface area (Å²) in [7, 11) is 0. The van der Waals surface area contributed by atoms with Crippen molar-refractivity contribution in [3.8, 4) is 0 Å². The third-order valence-corrected chi connectivity index (χ3v) is 1.77. The number of hydrogen-bond acceptors (Lipinski definition) is 5. The molecule has 1 aromatic rings. The highest BCUT2D eigenvalue weighted by molar-refractivity contribution is 5.55. The van der Waals surface area contributed by atoms with E-state index in [9.17, 15) is 18.9 Å². The van der Waals surface area contributed by atoms with E-state index < -0.39 is 28.4 Å². The van der Waals surface area contributed by atoms with Crippen LogP contribution in [0, 0.1) is 10.1 Å². The predicted octanol–water partition coefficient (Wildman–Crippen LogP) is 0.968. The van der Waals surface area contributed by atoms with Gasteiger partial charge in [0.05, 0.1) is 10.6 Å². The topological polar surface area (TPSA) is 108 Å². The largest absolute Gasteiger partial charge is 0.378 e. The number of pyridine rings is 1. The normalized spacial score (nSPS) is 10.7. The Bertz CT molecular complexity index is 397. The van der Waals surface area contributed by atoms with E-state index in [1.165, 1.54) is 0 Å². The summed E-state index contributed by atoms with van der Waals surface area (Å²) in [5.41, 5.74) is 9.05. The van der Waals surface area contributed by atoms with Gasteiger partial charge < -0.3 is 11.5 Å². The number of aromatic nitrogens is 1. The van der Waals surface area contributed by atoms with Crippen LogP contribution >= 0.6 is 0 Å². The van der Waals surface area contributed by atoms with E-state index in [2.05, 4.69) is 4.98 Å². The maximum atomic E-state index is 12.4. The molecular weight excluding hydrogens is 210 g/mol. The highest BCUT2D eigenvalue weighted by Crippen LogP contribution is 2.28. The molecule has 0 fully saturated rings. The first-order chi connectivity index (χ1) is 6.97. The Labute approximate surface area is 83.0 Å². The van der Waals surface area contributed by atoms with Gasteiger partial charge in [-0.15, -0.1) is 0 Å². The summed E-state index contributed by atoms with van der Waals surface area (Å²) >= 11 is 0. The fourth-order valence-electron chi connectivity index (χ4n) is 1.07. The highest BCUT2D eigenvalue weighted by Gasteiger charge is 2.21. The average molecular weight is 218 g/mol. The van der Waals surface area contributed by atoms with Crippen LogP contribution in [0.15, 0.2) is 6.07 Å². The minimum absolute atomic E-state index is 0.131. The van der Waals surface area contributed by atoms with Crippen molar-refractivity contribution in [3.63, 3.8) is 0 Å². The van der Waals surface area contributed by atoms with Gasteiger partial charge in [-0.1, -0.05) is 0 Å². The van der Waals surface area contributed by atoms with Crippen LogP contribution in [0.5, 0.6) is 0 Å². The Morgan fingerprint density at radius 2 is 2.20 bits per heavy atom. The van der Waals surface area contributed by atoms with Crippen molar-refractivity contribution in [2.45, 2.75) is 13.0 Å². The first kappa shape index (κ1) is 11.2. The van der Waals surface area contributed by atoms with E-state index in [1.54, 1.807) is 0 Å². The number of anilines is 1. The lowest BCUT2D eigenvalue weighted by atomic mass is 10.2. The van der Waals surface area contributed by atoms with Crippen LogP contribution in [0.3, 0.4) is 0 Å². The number of hydrogen-bond donors (Lipinski definition) is 2. The molecule has 4 N–H and O–H groups in total. The first-order valence-corrected chi connectivity index (χ1v) is 3.89. The van der Waals surface area contributed by atoms with Crippen LogP contribution in [0.2, 0.25) is 0 Å². The van der Waals surface area contributed by atoms with Crippen LogP contribution in [0.25, 0.3) is 0 Å². The van der Waals surface area contributed by atoms with Gasteiger partial charge in [0.15, 0.2) is 0 Å². The molecule has 0 aliphatic heterocycles. The molecule has 0 unspecified atom stereocenters. The van der Waals surface area contributed by atoms with Crippen molar-refractivity contribution in [2.24, 2.45) is 5.73 Å². The average Bonchev–Trinajstić information content (AvgIpc) is 2.16. The Hall–Kier alpha value is -1.83.